The third-order valence-electron chi connectivity index (χ3n) is 4.33. The van der Waals surface area contributed by atoms with Gasteiger partial charge in [0.25, 0.3) is 0 Å². The second-order valence-electron chi connectivity index (χ2n) is 6.17. The number of piperidine rings is 1. The van der Waals surface area contributed by atoms with Gasteiger partial charge in [-0.05, 0) is 37.0 Å². The molecule has 0 saturated carbocycles. The quantitative estimate of drug-likeness (QED) is 0.707. The summed E-state index contributed by atoms with van der Waals surface area (Å²) in [6, 6.07) is 0.761. The molecule has 0 aromatic rings. The van der Waals surface area contributed by atoms with E-state index in [-0.39, 0.29) is 0 Å². The summed E-state index contributed by atoms with van der Waals surface area (Å²) in [6.45, 7) is 14.4. The molecule has 0 bridgehead atoms. The number of likely N-dealkylation sites (tertiary alicyclic amines) is 1. The van der Waals surface area contributed by atoms with Gasteiger partial charge < -0.3 is 0 Å². The molecular formula is C14H28BrN. The molecule has 1 saturated heterocycles. The van der Waals surface area contributed by atoms with Gasteiger partial charge in [-0.3, -0.25) is 4.90 Å². The van der Waals surface area contributed by atoms with E-state index in [2.05, 4.69) is 55.4 Å². The Kier molecular flexibility index (Phi) is 5.79. The molecule has 1 fully saturated rings. The van der Waals surface area contributed by atoms with Crippen molar-refractivity contribution >= 4 is 15.9 Å². The topological polar surface area (TPSA) is 3.24 Å². The van der Waals surface area contributed by atoms with Crippen molar-refractivity contribution in [1.82, 2.24) is 4.90 Å². The molecule has 16 heavy (non-hydrogen) atoms. The van der Waals surface area contributed by atoms with Gasteiger partial charge in [0.2, 0.25) is 0 Å². The first-order valence-corrected chi connectivity index (χ1v) is 7.87. The lowest BCUT2D eigenvalue weighted by Crippen LogP contribution is -2.48. The lowest BCUT2D eigenvalue weighted by atomic mass is 9.84. The molecule has 0 N–H and O–H groups in total. The van der Waals surface area contributed by atoms with Crippen molar-refractivity contribution in [3.05, 3.63) is 0 Å². The number of hydrogen-bond acceptors (Lipinski definition) is 1. The molecule has 0 aliphatic carbocycles. The number of alkyl halides is 1. The van der Waals surface area contributed by atoms with Crippen LogP contribution in [0, 0.1) is 23.7 Å². The van der Waals surface area contributed by atoms with Crippen molar-refractivity contribution < 1.29 is 0 Å². The van der Waals surface area contributed by atoms with E-state index in [1.165, 1.54) is 19.5 Å². The largest absolute Gasteiger partial charge is 0.300 e. The maximum Gasteiger partial charge on any atom is 0.00929 e. The first-order chi connectivity index (χ1) is 7.45. The van der Waals surface area contributed by atoms with E-state index in [1.807, 2.05) is 0 Å². The Labute approximate surface area is 110 Å². The van der Waals surface area contributed by atoms with Crippen molar-refractivity contribution in [2.24, 2.45) is 23.7 Å². The highest BCUT2D eigenvalue weighted by Crippen LogP contribution is 2.28. The molecule has 1 aliphatic rings. The summed E-state index contributed by atoms with van der Waals surface area (Å²) >= 11 is 3.67. The van der Waals surface area contributed by atoms with Gasteiger partial charge in [-0.2, -0.15) is 0 Å². The number of halogens is 1. The van der Waals surface area contributed by atoms with Crippen molar-refractivity contribution in [3.63, 3.8) is 0 Å². The molecule has 4 unspecified atom stereocenters. The van der Waals surface area contributed by atoms with Crippen LogP contribution in [0.1, 0.15) is 41.0 Å². The second kappa shape index (κ2) is 6.39. The highest BCUT2D eigenvalue weighted by atomic mass is 79.9. The van der Waals surface area contributed by atoms with E-state index < -0.39 is 0 Å². The Morgan fingerprint density at radius 3 is 2.38 bits per heavy atom. The monoisotopic (exact) mass is 289 g/mol. The number of nitrogens with zero attached hydrogens (tertiary/aromatic N) is 1. The zero-order valence-corrected chi connectivity index (χ0v) is 13.1. The van der Waals surface area contributed by atoms with Crippen LogP contribution in [0.4, 0.5) is 0 Å². The lowest BCUT2D eigenvalue weighted by molar-refractivity contribution is 0.0613. The summed E-state index contributed by atoms with van der Waals surface area (Å²) in [7, 11) is 0. The van der Waals surface area contributed by atoms with Crippen LogP contribution in [0.25, 0.3) is 0 Å². The maximum absolute atomic E-state index is 3.67. The molecule has 1 aliphatic heterocycles. The fourth-order valence-electron chi connectivity index (χ4n) is 2.81. The third kappa shape index (κ3) is 3.73. The second-order valence-corrected chi connectivity index (χ2v) is 6.82. The van der Waals surface area contributed by atoms with Gasteiger partial charge >= 0.3 is 0 Å². The zero-order chi connectivity index (χ0) is 12.3. The molecule has 0 radical (unpaired) electrons. The molecule has 1 rings (SSSR count). The molecular weight excluding hydrogens is 262 g/mol. The van der Waals surface area contributed by atoms with E-state index >= 15 is 0 Å². The van der Waals surface area contributed by atoms with E-state index in [9.17, 15) is 0 Å². The van der Waals surface area contributed by atoms with Crippen LogP contribution in [-0.2, 0) is 0 Å². The summed E-state index contributed by atoms with van der Waals surface area (Å²) in [5, 5.41) is 1.14. The number of rotatable bonds is 4. The molecule has 0 amide bonds. The molecule has 0 aromatic heterocycles. The lowest BCUT2D eigenvalue weighted by Gasteiger charge is -2.43. The van der Waals surface area contributed by atoms with E-state index in [0.717, 1.165) is 35.0 Å². The Hall–Kier alpha value is 0.440. The van der Waals surface area contributed by atoms with E-state index in [1.54, 1.807) is 0 Å². The standard InChI is InChI=1S/C14H28BrN/c1-10(2)14(7-15)9-16-8-11(3)6-12(4)13(16)5/h10-14H,6-9H2,1-5H3. The SMILES string of the molecule is CC1CC(C)C(C)N(CC(CBr)C(C)C)C1. The van der Waals surface area contributed by atoms with Gasteiger partial charge in [-0.15, -0.1) is 0 Å². The average molecular weight is 290 g/mol. The molecule has 2 heteroatoms. The van der Waals surface area contributed by atoms with E-state index in [4.69, 9.17) is 0 Å². The van der Waals surface area contributed by atoms with Crippen LogP contribution in [0.15, 0.2) is 0 Å². The van der Waals surface area contributed by atoms with Gasteiger partial charge in [0.05, 0.1) is 0 Å². The molecule has 96 valence electrons. The van der Waals surface area contributed by atoms with Crippen molar-refractivity contribution in [1.29, 1.82) is 0 Å². The summed E-state index contributed by atoms with van der Waals surface area (Å²) in [4.78, 5) is 2.71. The van der Waals surface area contributed by atoms with Crippen LogP contribution < -0.4 is 0 Å². The molecule has 0 spiro atoms. The zero-order valence-electron chi connectivity index (χ0n) is 11.5. The highest BCUT2D eigenvalue weighted by molar-refractivity contribution is 9.09. The van der Waals surface area contributed by atoms with Crippen molar-refractivity contribution in [2.45, 2.75) is 47.1 Å². The molecule has 1 heterocycles. The van der Waals surface area contributed by atoms with Gasteiger partial charge in [0.15, 0.2) is 0 Å². The van der Waals surface area contributed by atoms with Gasteiger partial charge in [0.1, 0.15) is 0 Å². The fourth-order valence-corrected chi connectivity index (χ4v) is 3.76. The maximum atomic E-state index is 3.67. The van der Waals surface area contributed by atoms with Crippen LogP contribution in [0.3, 0.4) is 0 Å². The Bertz CT molecular complexity index is 205. The van der Waals surface area contributed by atoms with E-state index in [0.29, 0.717) is 0 Å². The Morgan fingerprint density at radius 2 is 1.88 bits per heavy atom. The van der Waals surface area contributed by atoms with Gasteiger partial charge in [-0.25, -0.2) is 0 Å². The molecule has 1 nitrogen and oxygen atoms in total. The summed E-state index contributed by atoms with van der Waals surface area (Å²) in [6.07, 6.45) is 1.40. The first kappa shape index (κ1) is 14.5. The predicted octanol–water partition coefficient (Wildman–Crippen LogP) is 4.02. The minimum atomic E-state index is 0.761. The summed E-state index contributed by atoms with van der Waals surface area (Å²) in [5.74, 6) is 3.29. The number of hydrogen-bond donors (Lipinski definition) is 0. The highest BCUT2D eigenvalue weighted by Gasteiger charge is 2.30. The molecule has 4 atom stereocenters. The Morgan fingerprint density at radius 1 is 1.25 bits per heavy atom. The Balaban J connectivity index is 2.56. The van der Waals surface area contributed by atoms with Crippen LogP contribution in [0.2, 0.25) is 0 Å². The van der Waals surface area contributed by atoms with Gasteiger partial charge in [-0.1, -0.05) is 43.6 Å². The van der Waals surface area contributed by atoms with Crippen LogP contribution in [-0.4, -0.2) is 29.4 Å². The summed E-state index contributed by atoms with van der Waals surface area (Å²) < 4.78 is 0. The van der Waals surface area contributed by atoms with Crippen molar-refractivity contribution in [2.75, 3.05) is 18.4 Å². The van der Waals surface area contributed by atoms with Crippen LogP contribution in [0.5, 0.6) is 0 Å². The minimum absolute atomic E-state index is 0.761. The molecule has 0 aromatic carbocycles. The smallest absolute Gasteiger partial charge is 0.00929 e. The average Bonchev–Trinajstić information content (AvgIpc) is 2.20. The first-order valence-electron chi connectivity index (χ1n) is 6.75. The normalized spacial score (nSPS) is 34.3. The fraction of sp³-hybridized carbons (Fsp3) is 1.00. The minimum Gasteiger partial charge on any atom is -0.300 e. The van der Waals surface area contributed by atoms with Crippen molar-refractivity contribution in [3.8, 4) is 0 Å². The van der Waals surface area contributed by atoms with Crippen LogP contribution >= 0.6 is 15.9 Å². The van der Waals surface area contributed by atoms with Gasteiger partial charge in [0, 0.05) is 24.5 Å². The third-order valence-corrected chi connectivity index (χ3v) is 5.16. The summed E-state index contributed by atoms with van der Waals surface area (Å²) in [5.41, 5.74) is 0. The predicted molar refractivity (Wildman–Crippen MR) is 76.1 cm³/mol.